The number of hydrogen-bond donors (Lipinski definition) is 2. The quantitative estimate of drug-likeness (QED) is 0.655. The van der Waals surface area contributed by atoms with Crippen molar-refractivity contribution < 1.29 is 8.78 Å². The first-order chi connectivity index (χ1) is 7.06. The molecule has 0 fully saturated rings. The Bertz CT molecular complexity index is 370. The van der Waals surface area contributed by atoms with Gasteiger partial charge in [-0.15, -0.1) is 0 Å². The minimum absolute atomic E-state index is 0.0325. The molecule has 0 unspecified atom stereocenters. The Morgan fingerprint density at radius 3 is 2.73 bits per heavy atom. The number of hydrazine groups is 1. The van der Waals surface area contributed by atoms with Gasteiger partial charge < -0.3 is 5.73 Å². The Hall–Kier alpha value is -1.21. The lowest BCUT2D eigenvalue weighted by Gasteiger charge is -2.16. The summed E-state index contributed by atoms with van der Waals surface area (Å²) in [7, 11) is 0. The zero-order valence-electron chi connectivity index (χ0n) is 7.57. The molecule has 0 aliphatic heterocycles. The topological polar surface area (TPSA) is 68.2 Å². The SMILES string of the molecule is N/C=C\N(N)c1ncc(Br)cc1C(F)F. The minimum atomic E-state index is -2.65. The number of pyridine rings is 1. The zero-order chi connectivity index (χ0) is 11.4. The third-order valence-electron chi connectivity index (χ3n) is 1.59. The van der Waals surface area contributed by atoms with Crippen molar-refractivity contribution >= 4 is 21.7 Å². The summed E-state index contributed by atoms with van der Waals surface area (Å²) >= 11 is 3.05. The van der Waals surface area contributed by atoms with Gasteiger partial charge in [0, 0.05) is 23.1 Å². The highest BCUT2D eigenvalue weighted by atomic mass is 79.9. The molecule has 0 spiro atoms. The third-order valence-corrected chi connectivity index (χ3v) is 2.02. The van der Waals surface area contributed by atoms with E-state index in [0.717, 1.165) is 11.2 Å². The Labute approximate surface area is 93.7 Å². The molecular formula is C8H9BrF2N4. The lowest BCUT2D eigenvalue weighted by molar-refractivity contribution is 0.151. The molecule has 0 aromatic carbocycles. The number of halogens is 3. The summed E-state index contributed by atoms with van der Waals surface area (Å²) in [5.74, 6) is 5.42. The summed E-state index contributed by atoms with van der Waals surface area (Å²) in [6.45, 7) is 0. The highest BCUT2D eigenvalue weighted by molar-refractivity contribution is 9.10. The van der Waals surface area contributed by atoms with Crippen LogP contribution in [0.2, 0.25) is 0 Å². The van der Waals surface area contributed by atoms with Crippen LogP contribution in [0.25, 0.3) is 0 Å². The van der Waals surface area contributed by atoms with Gasteiger partial charge in [-0.1, -0.05) is 0 Å². The molecule has 0 radical (unpaired) electrons. The predicted octanol–water partition coefficient (Wildman–Crippen LogP) is 1.89. The summed E-state index contributed by atoms with van der Waals surface area (Å²) in [5, 5.41) is 0.938. The Balaban J connectivity index is 3.16. The summed E-state index contributed by atoms with van der Waals surface area (Å²) in [5.41, 5.74) is 4.84. The first-order valence-electron chi connectivity index (χ1n) is 3.92. The smallest absolute Gasteiger partial charge is 0.267 e. The van der Waals surface area contributed by atoms with Gasteiger partial charge in [0.15, 0.2) is 5.82 Å². The number of alkyl halides is 2. The number of nitrogens with zero attached hydrogens (tertiary/aromatic N) is 2. The van der Waals surface area contributed by atoms with Gasteiger partial charge in [-0.05, 0) is 22.0 Å². The number of anilines is 1. The molecule has 4 N–H and O–H groups in total. The molecule has 0 aliphatic rings. The van der Waals surface area contributed by atoms with Crippen molar-refractivity contribution in [2.45, 2.75) is 6.43 Å². The van der Waals surface area contributed by atoms with Crippen LogP contribution >= 0.6 is 15.9 Å². The first kappa shape index (κ1) is 11.9. The maximum atomic E-state index is 12.6. The van der Waals surface area contributed by atoms with Crippen LogP contribution in [0.4, 0.5) is 14.6 Å². The van der Waals surface area contributed by atoms with Gasteiger partial charge in [0.1, 0.15) is 0 Å². The normalized spacial score (nSPS) is 11.3. The van der Waals surface area contributed by atoms with Crippen LogP contribution in [-0.4, -0.2) is 4.98 Å². The van der Waals surface area contributed by atoms with Gasteiger partial charge in [0.2, 0.25) is 0 Å². The lowest BCUT2D eigenvalue weighted by atomic mass is 10.2. The average molecular weight is 279 g/mol. The van der Waals surface area contributed by atoms with Crippen molar-refractivity contribution in [2.75, 3.05) is 5.01 Å². The second-order valence-electron chi connectivity index (χ2n) is 2.62. The first-order valence-corrected chi connectivity index (χ1v) is 4.71. The molecule has 7 heteroatoms. The van der Waals surface area contributed by atoms with Crippen molar-refractivity contribution in [1.29, 1.82) is 0 Å². The largest absolute Gasteiger partial charge is 0.403 e. The fourth-order valence-electron chi connectivity index (χ4n) is 0.987. The molecule has 82 valence electrons. The van der Waals surface area contributed by atoms with E-state index in [0.29, 0.717) is 4.47 Å². The molecule has 0 amide bonds. The van der Waals surface area contributed by atoms with Gasteiger partial charge in [-0.3, -0.25) is 5.01 Å². The predicted molar refractivity (Wildman–Crippen MR) is 56.9 cm³/mol. The zero-order valence-corrected chi connectivity index (χ0v) is 9.16. The Kier molecular flexibility index (Phi) is 3.98. The average Bonchev–Trinajstić information content (AvgIpc) is 2.17. The van der Waals surface area contributed by atoms with Gasteiger partial charge >= 0.3 is 0 Å². The second kappa shape index (κ2) is 5.04. The molecule has 0 saturated carbocycles. The van der Waals surface area contributed by atoms with E-state index in [-0.39, 0.29) is 11.4 Å². The molecule has 4 nitrogen and oxygen atoms in total. The summed E-state index contributed by atoms with van der Waals surface area (Å²) in [4.78, 5) is 3.79. The summed E-state index contributed by atoms with van der Waals surface area (Å²) in [6.07, 6.45) is 1.11. The van der Waals surface area contributed by atoms with Crippen LogP contribution in [0.5, 0.6) is 0 Å². The molecule has 1 rings (SSSR count). The van der Waals surface area contributed by atoms with Crippen LogP contribution < -0.4 is 16.6 Å². The Morgan fingerprint density at radius 2 is 2.20 bits per heavy atom. The van der Waals surface area contributed by atoms with Gasteiger partial charge in [-0.25, -0.2) is 19.6 Å². The number of aromatic nitrogens is 1. The fourth-order valence-corrected chi connectivity index (χ4v) is 1.34. The Morgan fingerprint density at radius 1 is 1.53 bits per heavy atom. The van der Waals surface area contributed by atoms with Crippen LogP contribution in [0.3, 0.4) is 0 Å². The van der Waals surface area contributed by atoms with Gasteiger partial charge in [0.25, 0.3) is 6.43 Å². The molecule has 0 aliphatic carbocycles. The molecule has 1 aromatic heterocycles. The van der Waals surface area contributed by atoms with Crippen LogP contribution in [0.1, 0.15) is 12.0 Å². The van der Waals surface area contributed by atoms with E-state index in [2.05, 4.69) is 20.9 Å². The fraction of sp³-hybridized carbons (Fsp3) is 0.125. The van der Waals surface area contributed by atoms with Crippen molar-refractivity contribution in [3.8, 4) is 0 Å². The van der Waals surface area contributed by atoms with Crippen LogP contribution in [0, 0.1) is 0 Å². The van der Waals surface area contributed by atoms with E-state index in [9.17, 15) is 8.78 Å². The molecular weight excluding hydrogens is 270 g/mol. The summed E-state index contributed by atoms with van der Waals surface area (Å²) in [6, 6.07) is 1.26. The number of hydrogen-bond acceptors (Lipinski definition) is 4. The van der Waals surface area contributed by atoms with Gasteiger partial charge in [-0.2, -0.15) is 0 Å². The van der Waals surface area contributed by atoms with E-state index >= 15 is 0 Å². The highest BCUT2D eigenvalue weighted by Gasteiger charge is 2.17. The summed E-state index contributed by atoms with van der Waals surface area (Å²) < 4.78 is 25.7. The molecule has 1 heterocycles. The molecule has 0 bridgehead atoms. The van der Waals surface area contributed by atoms with Crippen molar-refractivity contribution in [3.63, 3.8) is 0 Å². The van der Waals surface area contributed by atoms with Crippen molar-refractivity contribution in [3.05, 3.63) is 34.7 Å². The minimum Gasteiger partial charge on any atom is -0.403 e. The maximum Gasteiger partial charge on any atom is 0.267 e. The van der Waals surface area contributed by atoms with E-state index in [1.54, 1.807) is 0 Å². The third kappa shape index (κ3) is 2.87. The van der Waals surface area contributed by atoms with E-state index in [4.69, 9.17) is 11.6 Å². The van der Waals surface area contributed by atoms with Crippen LogP contribution in [0.15, 0.2) is 29.1 Å². The highest BCUT2D eigenvalue weighted by Crippen LogP contribution is 2.29. The van der Waals surface area contributed by atoms with E-state index < -0.39 is 6.43 Å². The van der Waals surface area contributed by atoms with Crippen molar-refractivity contribution in [2.24, 2.45) is 11.6 Å². The van der Waals surface area contributed by atoms with Gasteiger partial charge in [0.05, 0.1) is 5.56 Å². The lowest BCUT2D eigenvalue weighted by Crippen LogP contribution is -2.26. The molecule has 1 aromatic rings. The number of nitrogens with two attached hydrogens (primary N) is 2. The van der Waals surface area contributed by atoms with Crippen LogP contribution in [-0.2, 0) is 0 Å². The van der Waals surface area contributed by atoms with E-state index in [1.807, 2.05) is 0 Å². The molecule has 15 heavy (non-hydrogen) atoms. The van der Waals surface area contributed by atoms with E-state index in [1.165, 1.54) is 18.5 Å². The molecule has 0 atom stereocenters. The maximum absolute atomic E-state index is 12.6. The van der Waals surface area contributed by atoms with Crippen molar-refractivity contribution in [1.82, 2.24) is 4.98 Å². The number of rotatable bonds is 3. The second-order valence-corrected chi connectivity index (χ2v) is 3.53. The molecule has 0 saturated heterocycles. The standard InChI is InChI=1S/C8H9BrF2N4/c9-5-3-6(7(10)11)8(14-4-5)15(13)2-1-12/h1-4,7H,12-13H2/b2-1-. The monoisotopic (exact) mass is 278 g/mol.